The molecule has 7 heteroatoms. The maximum Gasteiger partial charge on any atom is 0.226 e. The van der Waals surface area contributed by atoms with E-state index in [4.69, 9.17) is 9.47 Å². The molecular weight excluding hydrogens is 332 g/mol. The number of nitrogens with zero attached hydrogens (tertiary/aromatic N) is 3. The van der Waals surface area contributed by atoms with Crippen LogP contribution in [0.25, 0.3) is 5.69 Å². The number of anilines is 1. The van der Waals surface area contributed by atoms with E-state index in [1.54, 1.807) is 32.9 Å². The van der Waals surface area contributed by atoms with Gasteiger partial charge in [-0.05, 0) is 29.8 Å². The summed E-state index contributed by atoms with van der Waals surface area (Å²) in [5, 5.41) is 2.94. The van der Waals surface area contributed by atoms with Crippen LogP contribution in [-0.4, -0.2) is 34.7 Å². The van der Waals surface area contributed by atoms with Crippen LogP contribution in [-0.2, 0) is 4.79 Å². The van der Waals surface area contributed by atoms with Gasteiger partial charge in [0.1, 0.15) is 12.1 Å². The van der Waals surface area contributed by atoms with Crippen LogP contribution in [0.15, 0.2) is 49.1 Å². The second kappa shape index (κ2) is 6.51. The van der Waals surface area contributed by atoms with E-state index >= 15 is 0 Å². The summed E-state index contributed by atoms with van der Waals surface area (Å²) in [7, 11) is 3.19. The highest BCUT2D eigenvalue weighted by atomic mass is 16.5. The molecule has 0 saturated carbocycles. The van der Waals surface area contributed by atoms with Gasteiger partial charge in [-0.2, -0.15) is 0 Å². The summed E-state index contributed by atoms with van der Waals surface area (Å²) in [5.41, 5.74) is 2.62. The van der Waals surface area contributed by atoms with Gasteiger partial charge in [0, 0.05) is 18.5 Å². The van der Waals surface area contributed by atoms with E-state index in [0.29, 0.717) is 23.7 Å². The van der Waals surface area contributed by atoms with Gasteiger partial charge in [-0.15, -0.1) is 0 Å². The highest BCUT2D eigenvalue weighted by Crippen LogP contribution is 2.40. The zero-order valence-corrected chi connectivity index (χ0v) is 14.5. The minimum atomic E-state index is -0.156. The molecule has 2 aromatic heterocycles. The number of nitrogens with one attached hydrogen (secondary N) is 1. The maximum absolute atomic E-state index is 12.3. The van der Waals surface area contributed by atoms with Crippen LogP contribution in [0.5, 0.6) is 11.5 Å². The Labute approximate surface area is 150 Å². The predicted octanol–water partition coefficient (Wildman–Crippen LogP) is 2.76. The molecule has 0 radical (unpaired) electrons. The molecule has 0 bridgehead atoms. The molecule has 1 unspecified atom stereocenters. The van der Waals surface area contributed by atoms with E-state index in [2.05, 4.69) is 15.3 Å². The van der Waals surface area contributed by atoms with Crippen molar-refractivity contribution >= 4 is 11.7 Å². The van der Waals surface area contributed by atoms with Crippen molar-refractivity contribution in [1.29, 1.82) is 0 Å². The highest BCUT2D eigenvalue weighted by molar-refractivity contribution is 5.94. The number of carbonyl (C=O) groups is 1. The number of carbonyl (C=O) groups excluding carboxylic acids is 1. The maximum atomic E-state index is 12.3. The number of fused-ring (bicyclic) bond motifs is 1. The van der Waals surface area contributed by atoms with Gasteiger partial charge in [-0.25, -0.2) is 4.98 Å². The molecule has 1 amide bonds. The number of benzene rings is 1. The van der Waals surface area contributed by atoms with Crippen LogP contribution in [0.4, 0.5) is 5.82 Å². The lowest BCUT2D eigenvalue weighted by Gasteiger charge is -2.24. The number of methoxy groups -OCH3 is 2. The fourth-order valence-electron chi connectivity index (χ4n) is 3.24. The summed E-state index contributed by atoms with van der Waals surface area (Å²) in [6.45, 7) is 0. The molecule has 0 saturated heterocycles. The number of imidazole rings is 1. The first kappa shape index (κ1) is 16.1. The number of amides is 1. The van der Waals surface area contributed by atoms with Gasteiger partial charge in [0.25, 0.3) is 0 Å². The summed E-state index contributed by atoms with van der Waals surface area (Å²) >= 11 is 0. The normalized spacial score (nSPS) is 15.9. The predicted molar refractivity (Wildman–Crippen MR) is 96.0 cm³/mol. The van der Waals surface area contributed by atoms with Gasteiger partial charge >= 0.3 is 0 Å². The molecule has 3 heterocycles. The lowest BCUT2D eigenvalue weighted by molar-refractivity contribution is -0.116. The number of hydrogen-bond donors (Lipinski definition) is 1. The first-order valence-electron chi connectivity index (χ1n) is 8.20. The second-order valence-electron chi connectivity index (χ2n) is 5.98. The zero-order valence-electron chi connectivity index (χ0n) is 14.5. The van der Waals surface area contributed by atoms with Gasteiger partial charge in [-0.1, -0.05) is 6.07 Å². The molecule has 7 nitrogen and oxygen atoms in total. The number of ether oxygens (including phenoxy) is 2. The van der Waals surface area contributed by atoms with Crippen molar-refractivity contribution < 1.29 is 14.3 Å². The molecular formula is C19H18N4O3. The van der Waals surface area contributed by atoms with Crippen molar-refractivity contribution in [2.24, 2.45) is 0 Å². The highest BCUT2D eigenvalue weighted by Gasteiger charge is 2.31. The second-order valence-corrected chi connectivity index (χ2v) is 5.98. The van der Waals surface area contributed by atoms with E-state index in [1.165, 1.54) is 0 Å². The first-order chi connectivity index (χ1) is 12.7. The molecule has 132 valence electrons. The third-order valence-electron chi connectivity index (χ3n) is 4.51. The molecule has 4 rings (SSSR count). The SMILES string of the molecule is COc1ccc(C2CC(=O)Nc3c2ncn3-c2cccnc2)cc1OC. The van der Waals surface area contributed by atoms with Crippen molar-refractivity contribution in [2.45, 2.75) is 12.3 Å². The van der Waals surface area contributed by atoms with Gasteiger partial charge in [0.05, 0.1) is 31.8 Å². The molecule has 1 aliphatic rings. The van der Waals surface area contributed by atoms with Gasteiger partial charge < -0.3 is 14.8 Å². The largest absolute Gasteiger partial charge is 0.493 e. The fraction of sp³-hybridized carbons (Fsp3) is 0.211. The smallest absolute Gasteiger partial charge is 0.226 e. The summed E-state index contributed by atoms with van der Waals surface area (Å²) in [4.78, 5) is 21.1. The van der Waals surface area contributed by atoms with E-state index in [9.17, 15) is 4.79 Å². The van der Waals surface area contributed by atoms with Crippen LogP contribution in [0.1, 0.15) is 23.6 Å². The van der Waals surface area contributed by atoms with Crippen LogP contribution in [0, 0.1) is 0 Å². The van der Waals surface area contributed by atoms with Crippen LogP contribution < -0.4 is 14.8 Å². The number of aromatic nitrogens is 3. The molecule has 0 fully saturated rings. The third-order valence-corrected chi connectivity index (χ3v) is 4.51. The van der Waals surface area contributed by atoms with Gasteiger partial charge in [-0.3, -0.25) is 14.3 Å². The Bertz CT molecular complexity index is 953. The number of pyridine rings is 1. The fourth-order valence-corrected chi connectivity index (χ4v) is 3.24. The molecule has 3 aromatic rings. The van der Waals surface area contributed by atoms with Crippen molar-refractivity contribution in [3.8, 4) is 17.2 Å². The number of hydrogen-bond acceptors (Lipinski definition) is 5. The van der Waals surface area contributed by atoms with Crippen molar-refractivity contribution in [2.75, 3.05) is 19.5 Å². The summed E-state index contributed by atoms with van der Waals surface area (Å²) < 4.78 is 12.5. The minimum Gasteiger partial charge on any atom is -0.493 e. The Morgan fingerprint density at radius 1 is 1.19 bits per heavy atom. The topological polar surface area (TPSA) is 78.3 Å². The Morgan fingerprint density at radius 3 is 2.77 bits per heavy atom. The minimum absolute atomic E-state index is 0.0528. The first-order valence-corrected chi connectivity index (χ1v) is 8.20. The van der Waals surface area contributed by atoms with Gasteiger partial charge in [0.2, 0.25) is 5.91 Å². The summed E-state index contributed by atoms with van der Waals surface area (Å²) in [5.74, 6) is 1.75. The van der Waals surface area contributed by atoms with E-state index in [-0.39, 0.29) is 11.8 Å². The lowest BCUT2D eigenvalue weighted by Crippen LogP contribution is -2.25. The van der Waals surface area contributed by atoms with Gasteiger partial charge in [0.15, 0.2) is 11.5 Å². The molecule has 0 aliphatic carbocycles. The molecule has 1 N–H and O–H groups in total. The summed E-state index contributed by atoms with van der Waals surface area (Å²) in [6.07, 6.45) is 5.47. The Kier molecular flexibility index (Phi) is 4.04. The molecule has 1 aliphatic heterocycles. The average molecular weight is 350 g/mol. The van der Waals surface area contributed by atoms with Crippen LogP contribution in [0.2, 0.25) is 0 Å². The van der Waals surface area contributed by atoms with Crippen molar-refractivity contribution in [3.05, 3.63) is 60.3 Å². The van der Waals surface area contributed by atoms with Crippen LogP contribution >= 0.6 is 0 Å². The summed E-state index contributed by atoms with van der Waals surface area (Å²) in [6, 6.07) is 9.45. The van der Waals surface area contributed by atoms with Crippen LogP contribution in [0.3, 0.4) is 0 Å². The molecule has 1 atom stereocenters. The Balaban J connectivity index is 1.79. The monoisotopic (exact) mass is 350 g/mol. The van der Waals surface area contributed by atoms with Crippen molar-refractivity contribution in [1.82, 2.24) is 14.5 Å². The van der Waals surface area contributed by atoms with E-state index in [1.807, 2.05) is 34.9 Å². The lowest BCUT2D eigenvalue weighted by atomic mass is 9.89. The Hall–Kier alpha value is -3.35. The van der Waals surface area contributed by atoms with Crippen molar-refractivity contribution in [3.63, 3.8) is 0 Å². The quantitative estimate of drug-likeness (QED) is 0.783. The third kappa shape index (κ3) is 2.67. The van der Waals surface area contributed by atoms with E-state index in [0.717, 1.165) is 16.9 Å². The average Bonchev–Trinajstić information content (AvgIpc) is 3.11. The molecule has 0 spiro atoms. The molecule has 1 aromatic carbocycles. The zero-order chi connectivity index (χ0) is 18.1. The number of rotatable bonds is 4. The van der Waals surface area contributed by atoms with E-state index < -0.39 is 0 Å². The standard InChI is InChI=1S/C19H18N4O3/c1-25-15-6-5-12(8-16(15)26-2)14-9-17(24)22-19-18(14)21-11-23(19)13-4-3-7-20-10-13/h3-8,10-11,14H,9H2,1-2H3,(H,22,24). The Morgan fingerprint density at radius 2 is 2.04 bits per heavy atom. The molecule has 26 heavy (non-hydrogen) atoms.